The molecule has 1 fully saturated rings. The van der Waals surface area contributed by atoms with Crippen LogP contribution in [0.1, 0.15) is 39.5 Å². The van der Waals surface area contributed by atoms with E-state index in [9.17, 15) is 0 Å². The minimum absolute atomic E-state index is 0.479. The van der Waals surface area contributed by atoms with Gasteiger partial charge in [0.1, 0.15) is 5.82 Å². The van der Waals surface area contributed by atoms with Crippen molar-refractivity contribution in [2.24, 2.45) is 5.41 Å². The molecule has 4 heteroatoms. The van der Waals surface area contributed by atoms with Gasteiger partial charge in [-0.05, 0) is 36.8 Å². The summed E-state index contributed by atoms with van der Waals surface area (Å²) in [5.41, 5.74) is 7.23. The molecule has 0 radical (unpaired) electrons. The average molecular weight is 272 g/mol. The first-order valence-corrected chi connectivity index (χ1v) is 7.46. The highest BCUT2D eigenvalue weighted by Gasteiger charge is 2.32. The molecule has 4 nitrogen and oxygen atoms in total. The van der Waals surface area contributed by atoms with Crippen LogP contribution in [-0.4, -0.2) is 22.6 Å². The minimum Gasteiger partial charge on any atom is -0.384 e. The number of hydrogen-bond acceptors (Lipinski definition) is 4. The van der Waals surface area contributed by atoms with E-state index in [1.807, 2.05) is 18.3 Å². The maximum atomic E-state index is 5.64. The van der Waals surface area contributed by atoms with Crippen LogP contribution in [0.5, 0.6) is 0 Å². The van der Waals surface area contributed by atoms with Crippen LogP contribution in [0.3, 0.4) is 0 Å². The maximum Gasteiger partial charge on any atom is 0.123 e. The summed E-state index contributed by atoms with van der Waals surface area (Å²) in [6.45, 7) is 5.70. The lowest BCUT2D eigenvalue weighted by molar-refractivity contribution is 0.135. The molecule has 0 saturated heterocycles. The lowest BCUT2D eigenvalue weighted by Gasteiger charge is -2.40. The van der Waals surface area contributed by atoms with Crippen molar-refractivity contribution in [3.8, 4) is 0 Å². The zero-order valence-electron chi connectivity index (χ0n) is 12.4. The van der Waals surface area contributed by atoms with Crippen molar-refractivity contribution in [2.75, 3.05) is 17.3 Å². The lowest BCUT2D eigenvalue weighted by atomic mass is 9.75. The van der Waals surface area contributed by atoms with E-state index in [2.05, 4.69) is 41.0 Å². The predicted molar refractivity (Wildman–Crippen MR) is 83.0 cm³/mol. The summed E-state index contributed by atoms with van der Waals surface area (Å²) in [6, 6.07) is 4.55. The third-order valence-corrected chi connectivity index (χ3v) is 4.50. The van der Waals surface area contributed by atoms with Crippen LogP contribution in [0.2, 0.25) is 0 Å². The van der Waals surface area contributed by atoms with Crippen LogP contribution in [0, 0.1) is 5.41 Å². The van der Waals surface area contributed by atoms with Gasteiger partial charge in [0.25, 0.3) is 0 Å². The summed E-state index contributed by atoms with van der Waals surface area (Å²) in [5, 5.41) is 0. The molecule has 2 N–H and O–H groups in total. The van der Waals surface area contributed by atoms with E-state index >= 15 is 0 Å². The zero-order valence-corrected chi connectivity index (χ0v) is 12.4. The SMILES string of the molecule is CC1(C)CCCC(N2C=CN(c3ccc(N)nc3)C2)C1. The van der Waals surface area contributed by atoms with Gasteiger partial charge in [-0.1, -0.05) is 20.3 Å². The van der Waals surface area contributed by atoms with E-state index in [-0.39, 0.29) is 0 Å². The van der Waals surface area contributed by atoms with Gasteiger partial charge >= 0.3 is 0 Å². The molecule has 108 valence electrons. The number of anilines is 2. The van der Waals surface area contributed by atoms with Gasteiger partial charge in [0, 0.05) is 18.4 Å². The Morgan fingerprint density at radius 2 is 2.15 bits per heavy atom. The molecule has 1 saturated carbocycles. The van der Waals surface area contributed by atoms with Gasteiger partial charge < -0.3 is 15.5 Å². The first-order valence-electron chi connectivity index (χ1n) is 7.46. The molecule has 2 aliphatic rings. The van der Waals surface area contributed by atoms with Crippen molar-refractivity contribution in [3.05, 3.63) is 30.7 Å². The zero-order chi connectivity index (χ0) is 14.2. The van der Waals surface area contributed by atoms with Crippen LogP contribution in [0.25, 0.3) is 0 Å². The monoisotopic (exact) mass is 272 g/mol. The van der Waals surface area contributed by atoms with E-state index in [4.69, 9.17) is 5.73 Å². The number of hydrogen-bond donors (Lipinski definition) is 1. The van der Waals surface area contributed by atoms with Crippen molar-refractivity contribution in [1.29, 1.82) is 0 Å². The van der Waals surface area contributed by atoms with E-state index < -0.39 is 0 Å². The molecule has 2 heterocycles. The second kappa shape index (κ2) is 5.00. The number of nitrogens with zero attached hydrogens (tertiary/aromatic N) is 3. The van der Waals surface area contributed by atoms with Gasteiger partial charge in [-0.25, -0.2) is 4.98 Å². The third-order valence-electron chi connectivity index (χ3n) is 4.50. The third kappa shape index (κ3) is 2.74. The number of pyridine rings is 1. The highest BCUT2D eigenvalue weighted by Crippen LogP contribution is 2.38. The second-order valence-corrected chi connectivity index (χ2v) is 6.78. The van der Waals surface area contributed by atoms with Crippen LogP contribution in [0.15, 0.2) is 30.7 Å². The molecule has 20 heavy (non-hydrogen) atoms. The molecule has 1 aromatic rings. The fourth-order valence-electron chi connectivity index (χ4n) is 3.35. The summed E-state index contributed by atoms with van der Waals surface area (Å²) in [6.07, 6.45) is 11.5. The smallest absolute Gasteiger partial charge is 0.123 e. The van der Waals surface area contributed by atoms with Gasteiger partial charge in [-0.2, -0.15) is 0 Å². The predicted octanol–water partition coefficient (Wildman–Crippen LogP) is 3.18. The normalized spacial score (nSPS) is 25.2. The van der Waals surface area contributed by atoms with Gasteiger partial charge in [-0.3, -0.25) is 0 Å². The summed E-state index contributed by atoms with van der Waals surface area (Å²) in [7, 11) is 0. The van der Waals surface area contributed by atoms with Crippen molar-refractivity contribution in [1.82, 2.24) is 9.88 Å². The molecule has 1 unspecified atom stereocenters. The molecule has 1 atom stereocenters. The Morgan fingerprint density at radius 1 is 1.30 bits per heavy atom. The molecular weight excluding hydrogens is 248 g/mol. The summed E-state index contributed by atoms with van der Waals surface area (Å²) >= 11 is 0. The van der Waals surface area contributed by atoms with Crippen LogP contribution in [-0.2, 0) is 0 Å². The summed E-state index contributed by atoms with van der Waals surface area (Å²) < 4.78 is 0. The standard InChI is InChI=1S/C16H24N4/c1-16(2)7-3-4-13(10-16)19-8-9-20(12-19)14-5-6-15(17)18-11-14/h5-6,8-9,11,13H,3-4,7,10,12H2,1-2H3,(H2,17,18). The molecule has 3 rings (SSSR count). The van der Waals surface area contributed by atoms with Crippen LogP contribution in [0.4, 0.5) is 11.5 Å². The van der Waals surface area contributed by atoms with Crippen molar-refractivity contribution < 1.29 is 0 Å². The second-order valence-electron chi connectivity index (χ2n) is 6.78. The highest BCUT2D eigenvalue weighted by molar-refractivity contribution is 5.51. The fourth-order valence-corrected chi connectivity index (χ4v) is 3.35. The Balaban J connectivity index is 1.65. The number of nitrogen functional groups attached to an aromatic ring is 1. The van der Waals surface area contributed by atoms with Crippen LogP contribution < -0.4 is 10.6 Å². The minimum atomic E-state index is 0.479. The molecule has 0 amide bonds. The average Bonchev–Trinajstić information content (AvgIpc) is 2.88. The van der Waals surface area contributed by atoms with Gasteiger partial charge in [0.05, 0.1) is 18.6 Å². The quantitative estimate of drug-likeness (QED) is 0.898. The van der Waals surface area contributed by atoms with Gasteiger partial charge in [0.2, 0.25) is 0 Å². The van der Waals surface area contributed by atoms with Crippen molar-refractivity contribution in [2.45, 2.75) is 45.6 Å². The van der Waals surface area contributed by atoms with Gasteiger partial charge in [-0.15, -0.1) is 0 Å². The Morgan fingerprint density at radius 3 is 2.85 bits per heavy atom. The van der Waals surface area contributed by atoms with Gasteiger partial charge in [0.15, 0.2) is 0 Å². The Hall–Kier alpha value is -1.71. The number of nitrogens with two attached hydrogens (primary N) is 1. The summed E-state index contributed by atoms with van der Waals surface area (Å²) in [4.78, 5) is 8.87. The molecule has 0 aromatic carbocycles. The molecular formula is C16H24N4. The molecule has 1 aromatic heterocycles. The first kappa shape index (κ1) is 13.3. The van der Waals surface area contributed by atoms with E-state index in [0.29, 0.717) is 17.3 Å². The number of rotatable bonds is 2. The van der Waals surface area contributed by atoms with Crippen molar-refractivity contribution in [3.63, 3.8) is 0 Å². The lowest BCUT2D eigenvalue weighted by Crippen LogP contribution is -2.39. The molecule has 0 bridgehead atoms. The molecule has 1 aliphatic heterocycles. The fraction of sp³-hybridized carbons (Fsp3) is 0.562. The van der Waals surface area contributed by atoms with E-state index in [0.717, 1.165) is 12.4 Å². The number of aromatic nitrogens is 1. The maximum absolute atomic E-state index is 5.64. The van der Waals surface area contributed by atoms with E-state index in [1.165, 1.54) is 25.7 Å². The summed E-state index contributed by atoms with van der Waals surface area (Å²) in [5.74, 6) is 0.572. The Labute approximate surface area is 121 Å². The molecule has 0 spiro atoms. The largest absolute Gasteiger partial charge is 0.384 e. The van der Waals surface area contributed by atoms with Crippen molar-refractivity contribution >= 4 is 11.5 Å². The topological polar surface area (TPSA) is 45.4 Å². The Bertz CT molecular complexity index is 492. The molecule has 1 aliphatic carbocycles. The highest BCUT2D eigenvalue weighted by atomic mass is 15.4. The Kier molecular flexibility index (Phi) is 3.32. The van der Waals surface area contributed by atoms with E-state index in [1.54, 1.807) is 0 Å². The first-order chi connectivity index (χ1) is 9.53. The van der Waals surface area contributed by atoms with Crippen LogP contribution >= 0.6 is 0 Å².